The second-order valence-corrected chi connectivity index (χ2v) is 3.45. The van der Waals surface area contributed by atoms with Gasteiger partial charge in [-0.1, -0.05) is 12.1 Å². The molecular weight excluding hydrogens is 247 g/mol. The van der Waals surface area contributed by atoms with Gasteiger partial charge < -0.3 is 9.84 Å². The van der Waals surface area contributed by atoms with Crippen molar-refractivity contribution in [2.75, 3.05) is 0 Å². The van der Waals surface area contributed by atoms with E-state index in [0.29, 0.717) is 11.6 Å². The molecule has 1 aromatic carbocycles. The van der Waals surface area contributed by atoms with Crippen LogP contribution < -0.4 is 4.74 Å². The predicted octanol–water partition coefficient (Wildman–Crippen LogP) is 2.78. The molecule has 0 amide bonds. The summed E-state index contributed by atoms with van der Waals surface area (Å²) in [4.78, 5) is 3.02. The van der Waals surface area contributed by atoms with Crippen molar-refractivity contribution >= 4 is 0 Å². The van der Waals surface area contributed by atoms with Crippen molar-refractivity contribution in [3.05, 3.63) is 53.5 Å². The van der Waals surface area contributed by atoms with E-state index in [0.717, 1.165) is 0 Å². The standard InChI is InChI=1S/C12H8F3NO2/c13-9-5-10(14)12(16-11(9)15)18-8-3-1-7(6-17)2-4-8/h1-5,17H,6H2. The molecule has 0 unspecified atom stereocenters. The van der Waals surface area contributed by atoms with Gasteiger partial charge in [0.1, 0.15) is 5.75 Å². The number of rotatable bonds is 3. The fourth-order valence-electron chi connectivity index (χ4n) is 1.27. The molecule has 0 bridgehead atoms. The molecule has 1 heterocycles. The number of benzene rings is 1. The molecule has 0 aliphatic heterocycles. The van der Waals surface area contributed by atoms with Crippen LogP contribution in [0.15, 0.2) is 30.3 Å². The van der Waals surface area contributed by atoms with Crippen LogP contribution in [-0.2, 0) is 6.61 Å². The van der Waals surface area contributed by atoms with Crippen LogP contribution in [0.5, 0.6) is 11.6 Å². The minimum Gasteiger partial charge on any atom is -0.436 e. The van der Waals surface area contributed by atoms with Gasteiger partial charge in [-0.25, -0.2) is 8.78 Å². The number of hydrogen-bond acceptors (Lipinski definition) is 3. The molecule has 18 heavy (non-hydrogen) atoms. The highest BCUT2D eigenvalue weighted by molar-refractivity contribution is 5.30. The molecule has 3 nitrogen and oxygen atoms in total. The van der Waals surface area contributed by atoms with Crippen LogP contribution in [0.4, 0.5) is 13.2 Å². The van der Waals surface area contributed by atoms with E-state index >= 15 is 0 Å². The summed E-state index contributed by atoms with van der Waals surface area (Å²) in [7, 11) is 0. The lowest BCUT2D eigenvalue weighted by Crippen LogP contribution is -1.98. The molecule has 0 atom stereocenters. The summed E-state index contributed by atoms with van der Waals surface area (Å²) in [6.07, 6.45) is 0. The summed E-state index contributed by atoms with van der Waals surface area (Å²) in [5.74, 6) is -4.36. The van der Waals surface area contributed by atoms with Crippen molar-refractivity contribution in [2.45, 2.75) is 6.61 Å². The van der Waals surface area contributed by atoms with E-state index in [9.17, 15) is 13.2 Å². The second-order valence-electron chi connectivity index (χ2n) is 3.45. The zero-order valence-electron chi connectivity index (χ0n) is 9.03. The van der Waals surface area contributed by atoms with E-state index in [1.807, 2.05) is 0 Å². The van der Waals surface area contributed by atoms with Gasteiger partial charge in [-0.15, -0.1) is 0 Å². The van der Waals surface area contributed by atoms with Crippen molar-refractivity contribution in [3.8, 4) is 11.6 Å². The highest BCUT2D eigenvalue weighted by atomic mass is 19.2. The van der Waals surface area contributed by atoms with Gasteiger partial charge in [-0.2, -0.15) is 9.37 Å². The third-order valence-corrected chi connectivity index (χ3v) is 2.17. The lowest BCUT2D eigenvalue weighted by atomic mass is 10.2. The van der Waals surface area contributed by atoms with E-state index in [4.69, 9.17) is 9.84 Å². The monoisotopic (exact) mass is 255 g/mol. The van der Waals surface area contributed by atoms with E-state index < -0.39 is 23.5 Å². The molecule has 0 aliphatic carbocycles. The van der Waals surface area contributed by atoms with Crippen LogP contribution in [-0.4, -0.2) is 10.1 Å². The lowest BCUT2D eigenvalue weighted by molar-refractivity contribution is 0.281. The van der Waals surface area contributed by atoms with Crippen LogP contribution in [0, 0.1) is 17.6 Å². The Bertz CT molecular complexity index is 558. The summed E-state index contributed by atoms with van der Waals surface area (Å²) in [6.45, 7) is -0.141. The Morgan fingerprint density at radius 1 is 1.06 bits per heavy atom. The van der Waals surface area contributed by atoms with E-state index in [1.165, 1.54) is 12.1 Å². The molecular formula is C12H8F3NO2. The van der Waals surface area contributed by atoms with Gasteiger partial charge in [0.25, 0.3) is 11.8 Å². The van der Waals surface area contributed by atoms with Crippen LogP contribution in [0.2, 0.25) is 0 Å². The topological polar surface area (TPSA) is 42.4 Å². The maximum atomic E-state index is 13.2. The van der Waals surface area contributed by atoms with Crippen molar-refractivity contribution in [1.29, 1.82) is 0 Å². The first-order valence-corrected chi connectivity index (χ1v) is 4.99. The first kappa shape index (κ1) is 12.4. The van der Waals surface area contributed by atoms with Crippen molar-refractivity contribution in [3.63, 3.8) is 0 Å². The third kappa shape index (κ3) is 2.60. The Kier molecular flexibility index (Phi) is 3.47. The van der Waals surface area contributed by atoms with Crippen LogP contribution in [0.25, 0.3) is 0 Å². The maximum Gasteiger partial charge on any atom is 0.258 e. The van der Waals surface area contributed by atoms with Crippen LogP contribution >= 0.6 is 0 Å². The number of halogens is 3. The van der Waals surface area contributed by atoms with E-state index in [2.05, 4.69) is 4.98 Å². The zero-order chi connectivity index (χ0) is 13.1. The van der Waals surface area contributed by atoms with Gasteiger partial charge >= 0.3 is 0 Å². The average Bonchev–Trinajstić information content (AvgIpc) is 2.37. The zero-order valence-corrected chi connectivity index (χ0v) is 9.03. The number of pyridine rings is 1. The van der Waals surface area contributed by atoms with E-state index in [1.54, 1.807) is 12.1 Å². The van der Waals surface area contributed by atoms with E-state index in [-0.39, 0.29) is 12.4 Å². The summed E-state index contributed by atoms with van der Waals surface area (Å²) in [6, 6.07) is 6.36. The average molecular weight is 255 g/mol. The number of aliphatic hydroxyl groups is 1. The molecule has 6 heteroatoms. The van der Waals surface area contributed by atoms with Gasteiger partial charge in [-0.3, -0.25) is 0 Å². The van der Waals surface area contributed by atoms with Crippen LogP contribution in [0.1, 0.15) is 5.56 Å². The number of hydrogen-bond donors (Lipinski definition) is 1. The smallest absolute Gasteiger partial charge is 0.258 e. The minimum absolute atomic E-state index is 0.141. The lowest BCUT2D eigenvalue weighted by Gasteiger charge is -2.06. The first-order chi connectivity index (χ1) is 8.60. The molecule has 94 valence electrons. The molecule has 0 aliphatic rings. The third-order valence-electron chi connectivity index (χ3n) is 2.17. The number of aromatic nitrogens is 1. The number of ether oxygens (including phenoxy) is 1. The highest BCUT2D eigenvalue weighted by Crippen LogP contribution is 2.23. The number of aliphatic hydroxyl groups excluding tert-OH is 1. The molecule has 1 aromatic heterocycles. The molecule has 2 rings (SSSR count). The van der Waals surface area contributed by atoms with Gasteiger partial charge in [-0.05, 0) is 17.7 Å². The Balaban J connectivity index is 2.25. The maximum absolute atomic E-state index is 13.2. The predicted molar refractivity (Wildman–Crippen MR) is 56.5 cm³/mol. The molecule has 0 spiro atoms. The summed E-state index contributed by atoms with van der Waals surface area (Å²) >= 11 is 0. The summed E-state index contributed by atoms with van der Waals surface area (Å²) in [5, 5.41) is 8.82. The SMILES string of the molecule is OCc1ccc(Oc2nc(F)c(F)cc2F)cc1. The van der Waals surface area contributed by atoms with Crippen molar-refractivity contribution in [1.82, 2.24) is 4.98 Å². The second kappa shape index (κ2) is 5.05. The van der Waals surface area contributed by atoms with Gasteiger partial charge in [0.05, 0.1) is 6.61 Å². The van der Waals surface area contributed by atoms with Gasteiger partial charge in [0, 0.05) is 6.07 Å². The van der Waals surface area contributed by atoms with Crippen molar-refractivity contribution in [2.24, 2.45) is 0 Å². The largest absolute Gasteiger partial charge is 0.436 e. The first-order valence-electron chi connectivity index (χ1n) is 4.99. The Morgan fingerprint density at radius 3 is 2.33 bits per heavy atom. The minimum atomic E-state index is -1.43. The summed E-state index contributed by atoms with van der Waals surface area (Å²) < 4.78 is 43.6. The normalized spacial score (nSPS) is 10.4. The molecule has 0 saturated heterocycles. The fourth-order valence-corrected chi connectivity index (χ4v) is 1.27. The van der Waals surface area contributed by atoms with Gasteiger partial charge in [0.2, 0.25) is 0 Å². The Morgan fingerprint density at radius 2 is 1.72 bits per heavy atom. The Hall–Kier alpha value is -2.08. The molecule has 0 fully saturated rings. The number of nitrogens with zero attached hydrogens (tertiary/aromatic N) is 1. The fraction of sp³-hybridized carbons (Fsp3) is 0.0833. The Labute approximate surface area is 100 Å². The molecule has 0 saturated carbocycles. The van der Waals surface area contributed by atoms with Gasteiger partial charge in [0.15, 0.2) is 11.6 Å². The summed E-state index contributed by atoms with van der Waals surface area (Å²) in [5.41, 5.74) is 0.640. The van der Waals surface area contributed by atoms with Crippen LogP contribution in [0.3, 0.4) is 0 Å². The van der Waals surface area contributed by atoms with Crippen molar-refractivity contribution < 1.29 is 23.0 Å². The quantitative estimate of drug-likeness (QED) is 0.857. The molecule has 1 N–H and O–H groups in total. The molecule has 2 aromatic rings. The molecule has 0 radical (unpaired) electrons. The highest BCUT2D eigenvalue weighted by Gasteiger charge is 2.13.